The van der Waals surface area contributed by atoms with E-state index in [1.165, 1.54) is 38.6 Å². The quantitative estimate of drug-likeness (QED) is 0.753. The van der Waals surface area contributed by atoms with Crippen LogP contribution in [-0.4, -0.2) is 47.8 Å². The van der Waals surface area contributed by atoms with Crippen LogP contribution in [0, 0.1) is 5.92 Å². The van der Waals surface area contributed by atoms with Gasteiger partial charge in [-0.2, -0.15) is 0 Å². The second-order valence-electron chi connectivity index (χ2n) is 6.54. The van der Waals surface area contributed by atoms with Crippen molar-refractivity contribution >= 4 is 0 Å². The summed E-state index contributed by atoms with van der Waals surface area (Å²) in [6.07, 6.45) is 7.80. The molecular weight excluding hydrogens is 224 g/mol. The minimum absolute atomic E-state index is 0.446. The standard InChI is InChI=1S/C15H30N2O/c1-3-16-14-8-6-4-5-7-13(14)11-17-10-9-15(2,18)12-17/h13-14,16,18H,3-12H2,1-2H3. The van der Waals surface area contributed by atoms with Crippen molar-refractivity contribution in [1.82, 2.24) is 10.2 Å². The molecule has 0 aromatic heterocycles. The fraction of sp³-hybridized carbons (Fsp3) is 1.00. The zero-order valence-corrected chi connectivity index (χ0v) is 12.1. The molecule has 1 heterocycles. The predicted octanol–water partition coefficient (Wildman–Crippen LogP) is 2.00. The molecule has 3 heteroatoms. The van der Waals surface area contributed by atoms with Gasteiger partial charge in [-0.05, 0) is 38.6 Å². The molecule has 3 atom stereocenters. The van der Waals surface area contributed by atoms with E-state index in [4.69, 9.17) is 0 Å². The molecule has 1 saturated heterocycles. The lowest BCUT2D eigenvalue weighted by atomic mass is 9.94. The van der Waals surface area contributed by atoms with Crippen molar-refractivity contribution in [2.75, 3.05) is 26.2 Å². The van der Waals surface area contributed by atoms with Gasteiger partial charge in [0.1, 0.15) is 0 Å². The summed E-state index contributed by atoms with van der Waals surface area (Å²) in [7, 11) is 0. The van der Waals surface area contributed by atoms with Crippen LogP contribution in [0.15, 0.2) is 0 Å². The minimum Gasteiger partial charge on any atom is -0.389 e. The lowest BCUT2D eigenvalue weighted by Crippen LogP contribution is -2.42. The highest BCUT2D eigenvalue weighted by Gasteiger charge is 2.33. The fourth-order valence-corrected chi connectivity index (χ4v) is 3.66. The van der Waals surface area contributed by atoms with Gasteiger partial charge in [0.25, 0.3) is 0 Å². The van der Waals surface area contributed by atoms with E-state index in [1.54, 1.807) is 0 Å². The van der Waals surface area contributed by atoms with E-state index in [9.17, 15) is 5.11 Å². The lowest BCUT2D eigenvalue weighted by molar-refractivity contribution is 0.0652. The molecule has 3 unspecified atom stereocenters. The minimum atomic E-state index is -0.446. The van der Waals surface area contributed by atoms with Gasteiger partial charge in [-0.3, -0.25) is 0 Å². The van der Waals surface area contributed by atoms with Gasteiger partial charge >= 0.3 is 0 Å². The summed E-state index contributed by atoms with van der Waals surface area (Å²) in [5, 5.41) is 13.7. The van der Waals surface area contributed by atoms with Crippen molar-refractivity contribution in [3.63, 3.8) is 0 Å². The smallest absolute Gasteiger partial charge is 0.0758 e. The van der Waals surface area contributed by atoms with Crippen molar-refractivity contribution in [2.24, 2.45) is 5.92 Å². The molecule has 2 aliphatic rings. The van der Waals surface area contributed by atoms with Crippen molar-refractivity contribution in [3.8, 4) is 0 Å². The van der Waals surface area contributed by atoms with Crippen LogP contribution in [-0.2, 0) is 0 Å². The molecule has 0 bridgehead atoms. The molecule has 1 saturated carbocycles. The molecule has 2 fully saturated rings. The number of aliphatic hydroxyl groups is 1. The van der Waals surface area contributed by atoms with E-state index < -0.39 is 5.60 Å². The van der Waals surface area contributed by atoms with Gasteiger partial charge in [-0.1, -0.05) is 26.2 Å². The van der Waals surface area contributed by atoms with Crippen LogP contribution in [0.5, 0.6) is 0 Å². The Kier molecular flexibility index (Phi) is 5.05. The third-order valence-electron chi connectivity index (χ3n) is 4.65. The molecule has 2 rings (SSSR count). The summed E-state index contributed by atoms with van der Waals surface area (Å²) in [5.41, 5.74) is -0.446. The Hall–Kier alpha value is -0.120. The molecule has 0 spiro atoms. The Bertz CT molecular complexity index is 255. The van der Waals surface area contributed by atoms with E-state index in [0.717, 1.165) is 32.0 Å². The molecular formula is C15H30N2O. The second-order valence-corrected chi connectivity index (χ2v) is 6.54. The first-order valence-corrected chi connectivity index (χ1v) is 7.79. The van der Waals surface area contributed by atoms with Crippen LogP contribution in [0.1, 0.15) is 52.4 Å². The van der Waals surface area contributed by atoms with E-state index in [2.05, 4.69) is 17.1 Å². The Morgan fingerprint density at radius 1 is 1.28 bits per heavy atom. The van der Waals surface area contributed by atoms with E-state index in [-0.39, 0.29) is 0 Å². The number of nitrogens with one attached hydrogen (secondary N) is 1. The number of hydrogen-bond donors (Lipinski definition) is 2. The maximum absolute atomic E-state index is 10.1. The van der Waals surface area contributed by atoms with Gasteiger partial charge in [0, 0.05) is 25.7 Å². The number of likely N-dealkylation sites (tertiary alicyclic amines) is 1. The Morgan fingerprint density at radius 2 is 2.06 bits per heavy atom. The molecule has 1 aliphatic carbocycles. The summed E-state index contributed by atoms with van der Waals surface area (Å²) >= 11 is 0. The van der Waals surface area contributed by atoms with Gasteiger partial charge in [-0.15, -0.1) is 0 Å². The van der Waals surface area contributed by atoms with Crippen molar-refractivity contribution in [1.29, 1.82) is 0 Å². The van der Waals surface area contributed by atoms with Gasteiger partial charge in [0.15, 0.2) is 0 Å². The first-order valence-electron chi connectivity index (χ1n) is 7.79. The van der Waals surface area contributed by atoms with Crippen LogP contribution < -0.4 is 5.32 Å². The summed E-state index contributed by atoms with van der Waals surface area (Å²) in [6, 6.07) is 0.697. The predicted molar refractivity (Wildman–Crippen MR) is 75.7 cm³/mol. The molecule has 106 valence electrons. The largest absolute Gasteiger partial charge is 0.389 e. The van der Waals surface area contributed by atoms with Crippen LogP contribution >= 0.6 is 0 Å². The lowest BCUT2D eigenvalue weighted by Gasteiger charge is -2.30. The third kappa shape index (κ3) is 3.94. The highest BCUT2D eigenvalue weighted by Crippen LogP contribution is 2.27. The SMILES string of the molecule is CCNC1CCCCCC1CN1CCC(C)(O)C1. The average molecular weight is 254 g/mol. The molecule has 0 aromatic rings. The number of β-amino-alcohol motifs (C(OH)–C–C–N with tert-alkyl or cyclic N) is 1. The summed E-state index contributed by atoms with van der Waals surface area (Å²) in [6.45, 7) is 8.38. The monoisotopic (exact) mass is 254 g/mol. The first-order chi connectivity index (χ1) is 8.61. The van der Waals surface area contributed by atoms with Crippen molar-refractivity contribution < 1.29 is 5.11 Å². The molecule has 1 aliphatic heterocycles. The zero-order valence-electron chi connectivity index (χ0n) is 12.1. The Morgan fingerprint density at radius 3 is 2.72 bits per heavy atom. The second kappa shape index (κ2) is 6.36. The van der Waals surface area contributed by atoms with Crippen molar-refractivity contribution in [2.45, 2.75) is 64.0 Å². The maximum Gasteiger partial charge on any atom is 0.0758 e. The van der Waals surface area contributed by atoms with Crippen LogP contribution in [0.4, 0.5) is 0 Å². The highest BCUT2D eigenvalue weighted by atomic mass is 16.3. The molecule has 3 nitrogen and oxygen atoms in total. The van der Waals surface area contributed by atoms with Gasteiger partial charge < -0.3 is 15.3 Å². The van der Waals surface area contributed by atoms with Crippen LogP contribution in [0.25, 0.3) is 0 Å². The Labute approximate surface area is 112 Å². The summed E-state index contributed by atoms with van der Waals surface area (Å²) < 4.78 is 0. The average Bonchev–Trinajstić information content (AvgIpc) is 2.52. The van der Waals surface area contributed by atoms with E-state index in [1.807, 2.05) is 6.92 Å². The van der Waals surface area contributed by atoms with Gasteiger partial charge in [0.05, 0.1) is 5.60 Å². The molecule has 2 N–H and O–H groups in total. The Balaban J connectivity index is 1.88. The maximum atomic E-state index is 10.1. The highest BCUT2D eigenvalue weighted by molar-refractivity contribution is 4.89. The van der Waals surface area contributed by atoms with E-state index >= 15 is 0 Å². The molecule has 18 heavy (non-hydrogen) atoms. The molecule has 0 aromatic carbocycles. The molecule has 0 amide bonds. The topological polar surface area (TPSA) is 35.5 Å². The van der Waals surface area contributed by atoms with Crippen LogP contribution in [0.3, 0.4) is 0 Å². The van der Waals surface area contributed by atoms with Crippen molar-refractivity contribution in [3.05, 3.63) is 0 Å². The van der Waals surface area contributed by atoms with Gasteiger partial charge in [0.2, 0.25) is 0 Å². The third-order valence-corrected chi connectivity index (χ3v) is 4.65. The van der Waals surface area contributed by atoms with Gasteiger partial charge in [-0.25, -0.2) is 0 Å². The number of rotatable bonds is 4. The number of hydrogen-bond acceptors (Lipinski definition) is 3. The summed E-state index contributed by atoms with van der Waals surface area (Å²) in [5.74, 6) is 0.779. The molecule has 0 radical (unpaired) electrons. The van der Waals surface area contributed by atoms with E-state index in [0.29, 0.717) is 6.04 Å². The zero-order chi connectivity index (χ0) is 13.0. The normalized spacial score (nSPS) is 38.8. The van der Waals surface area contributed by atoms with Crippen LogP contribution in [0.2, 0.25) is 0 Å². The fourth-order valence-electron chi connectivity index (χ4n) is 3.66. The summed E-state index contributed by atoms with van der Waals surface area (Å²) in [4.78, 5) is 2.47. The first kappa shape index (κ1) is 14.3. The number of nitrogens with zero attached hydrogens (tertiary/aromatic N) is 1.